The van der Waals surface area contributed by atoms with Gasteiger partial charge in [0.1, 0.15) is 11.9 Å². The van der Waals surface area contributed by atoms with E-state index in [0.717, 1.165) is 37.3 Å². The second kappa shape index (κ2) is 4.43. The predicted octanol–water partition coefficient (Wildman–Crippen LogP) is 0.827. The molecule has 6 heteroatoms. The molecule has 16 heavy (non-hydrogen) atoms. The smallest absolute Gasteiger partial charge is 0.320 e. The molecule has 1 atom stereocenters. The van der Waals surface area contributed by atoms with Crippen LogP contribution in [0.3, 0.4) is 0 Å². The Kier molecular flexibility index (Phi) is 3.16. The summed E-state index contributed by atoms with van der Waals surface area (Å²) in [5.41, 5.74) is 6.27. The van der Waals surface area contributed by atoms with Crippen molar-refractivity contribution in [3.05, 3.63) is 16.7 Å². The van der Waals surface area contributed by atoms with Gasteiger partial charge in [-0.15, -0.1) is 0 Å². The number of hydrogen-bond donors (Lipinski definition) is 2. The molecule has 0 aromatic carbocycles. The summed E-state index contributed by atoms with van der Waals surface area (Å²) in [7, 11) is 0. The monoisotopic (exact) mass is 243 g/mol. The van der Waals surface area contributed by atoms with Gasteiger partial charge in [0, 0.05) is 19.4 Å². The molecule has 2 heterocycles. The Morgan fingerprint density at radius 3 is 3.06 bits per heavy atom. The van der Waals surface area contributed by atoms with Crippen molar-refractivity contribution in [1.29, 1.82) is 0 Å². The highest BCUT2D eigenvalue weighted by Crippen LogP contribution is 2.23. The lowest BCUT2D eigenvalue weighted by Crippen LogP contribution is -2.33. The molecule has 0 saturated heterocycles. The van der Waals surface area contributed by atoms with Crippen LogP contribution in [-0.2, 0) is 24.2 Å². The Bertz CT molecular complexity index is 416. The van der Waals surface area contributed by atoms with E-state index in [-0.39, 0.29) is 6.42 Å². The first-order valence-corrected chi connectivity index (χ1v) is 5.69. The van der Waals surface area contributed by atoms with Crippen molar-refractivity contribution < 1.29 is 9.90 Å². The van der Waals surface area contributed by atoms with Crippen LogP contribution in [-0.4, -0.2) is 26.7 Å². The van der Waals surface area contributed by atoms with Gasteiger partial charge in [0.2, 0.25) is 0 Å². The minimum absolute atomic E-state index is 0.237. The van der Waals surface area contributed by atoms with Gasteiger partial charge in [-0.1, -0.05) is 11.6 Å². The van der Waals surface area contributed by atoms with E-state index < -0.39 is 12.0 Å². The topological polar surface area (TPSA) is 81.1 Å². The van der Waals surface area contributed by atoms with Crippen LogP contribution >= 0.6 is 11.6 Å². The number of carboxylic acids is 1. The zero-order valence-corrected chi connectivity index (χ0v) is 9.57. The SMILES string of the molecule is NC(Cc1c(Cl)nc2n1CCCC2)C(=O)O. The number of carbonyl (C=O) groups is 1. The number of hydrogen-bond acceptors (Lipinski definition) is 3. The molecule has 1 unspecified atom stereocenters. The molecule has 2 rings (SSSR count). The Labute approximate surface area is 98.2 Å². The molecule has 0 bridgehead atoms. The highest BCUT2D eigenvalue weighted by molar-refractivity contribution is 6.30. The van der Waals surface area contributed by atoms with E-state index in [1.54, 1.807) is 0 Å². The predicted molar refractivity (Wildman–Crippen MR) is 59.5 cm³/mol. The normalized spacial score (nSPS) is 16.9. The van der Waals surface area contributed by atoms with Crippen LogP contribution in [0.25, 0.3) is 0 Å². The summed E-state index contributed by atoms with van der Waals surface area (Å²) in [5, 5.41) is 9.17. The minimum atomic E-state index is -1.01. The standard InChI is InChI=1S/C10H14ClN3O2/c11-9-7(5-6(12)10(15)16)14-4-2-1-3-8(14)13-9/h6H,1-5,12H2,(H,15,16). The van der Waals surface area contributed by atoms with Crippen LogP contribution in [0.5, 0.6) is 0 Å². The van der Waals surface area contributed by atoms with Gasteiger partial charge in [-0.3, -0.25) is 4.79 Å². The summed E-state index contributed by atoms with van der Waals surface area (Å²) in [5.74, 6) is -0.0636. The van der Waals surface area contributed by atoms with Crippen molar-refractivity contribution in [2.45, 2.75) is 38.3 Å². The third-order valence-electron chi connectivity index (χ3n) is 2.87. The van der Waals surface area contributed by atoms with Gasteiger partial charge >= 0.3 is 5.97 Å². The first kappa shape index (κ1) is 11.4. The molecular formula is C10H14ClN3O2. The van der Waals surface area contributed by atoms with Crippen molar-refractivity contribution >= 4 is 17.6 Å². The molecule has 0 saturated carbocycles. The number of aliphatic carboxylic acids is 1. The molecule has 1 aromatic rings. The molecule has 0 spiro atoms. The van der Waals surface area contributed by atoms with E-state index >= 15 is 0 Å². The van der Waals surface area contributed by atoms with Crippen molar-refractivity contribution in [3.63, 3.8) is 0 Å². The lowest BCUT2D eigenvalue weighted by atomic mass is 10.1. The number of rotatable bonds is 3. The van der Waals surface area contributed by atoms with E-state index in [2.05, 4.69) is 4.98 Å². The molecule has 1 aliphatic heterocycles. The Morgan fingerprint density at radius 1 is 1.62 bits per heavy atom. The van der Waals surface area contributed by atoms with Crippen molar-refractivity contribution in [1.82, 2.24) is 9.55 Å². The largest absolute Gasteiger partial charge is 0.480 e. The first-order valence-electron chi connectivity index (χ1n) is 5.31. The first-order chi connectivity index (χ1) is 7.59. The number of imidazole rings is 1. The molecule has 1 aliphatic rings. The van der Waals surface area contributed by atoms with E-state index in [4.69, 9.17) is 22.4 Å². The Morgan fingerprint density at radius 2 is 2.38 bits per heavy atom. The van der Waals surface area contributed by atoms with Gasteiger partial charge in [0.05, 0.1) is 5.69 Å². The van der Waals surface area contributed by atoms with Crippen LogP contribution in [0.15, 0.2) is 0 Å². The second-order valence-electron chi connectivity index (χ2n) is 4.02. The van der Waals surface area contributed by atoms with Gasteiger partial charge in [-0.2, -0.15) is 0 Å². The molecule has 0 fully saturated rings. The van der Waals surface area contributed by atoms with Crippen molar-refractivity contribution in [3.8, 4) is 0 Å². The molecule has 3 N–H and O–H groups in total. The average Bonchev–Trinajstić information content (AvgIpc) is 2.55. The fourth-order valence-electron chi connectivity index (χ4n) is 2.00. The van der Waals surface area contributed by atoms with Crippen LogP contribution in [0, 0.1) is 0 Å². The highest BCUT2D eigenvalue weighted by atomic mass is 35.5. The summed E-state index contributed by atoms with van der Waals surface area (Å²) >= 11 is 6.00. The quantitative estimate of drug-likeness (QED) is 0.824. The number of aryl methyl sites for hydroxylation is 1. The number of halogens is 1. The summed E-state index contributed by atoms with van der Waals surface area (Å²) in [6.45, 7) is 0.858. The molecule has 0 aliphatic carbocycles. The highest BCUT2D eigenvalue weighted by Gasteiger charge is 2.22. The van der Waals surface area contributed by atoms with Gasteiger partial charge in [-0.05, 0) is 12.8 Å². The van der Waals surface area contributed by atoms with E-state index in [1.165, 1.54) is 0 Å². The number of aromatic nitrogens is 2. The lowest BCUT2D eigenvalue weighted by molar-refractivity contribution is -0.138. The van der Waals surface area contributed by atoms with Crippen LogP contribution in [0.4, 0.5) is 0 Å². The number of nitrogens with zero attached hydrogens (tertiary/aromatic N) is 2. The van der Waals surface area contributed by atoms with Crippen molar-refractivity contribution in [2.75, 3.05) is 0 Å². The fraction of sp³-hybridized carbons (Fsp3) is 0.600. The average molecular weight is 244 g/mol. The van der Waals surface area contributed by atoms with Crippen LogP contribution in [0.2, 0.25) is 5.15 Å². The van der Waals surface area contributed by atoms with E-state index in [0.29, 0.717) is 5.15 Å². The maximum Gasteiger partial charge on any atom is 0.320 e. The van der Waals surface area contributed by atoms with Gasteiger partial charge in [0.15, 0.2) is 5.15 Å². The molecule has 88 valence electrons. The van der Waals surface area contributed by atoms with E-state index in [9.17, 15) is 4.79 Å². The third-order valence-corrected chi connectivity index (χ3v) is 3.17. The van der Waals surface area contributed by atoms with Crippen LogP contribution in [0.1, 0.15) is 24.4 Å². The summed E-state index contributed by atoms with van der Waals surface area (Å²) < 4.78 is 2.01. The zero-order chi connectivity index (χ0) is 11.7. The van der Waals surface area contributed by atoms with Gasteiger partial charge in [-0.25, -0.2) is 4.98 Å². The van der Waals surface area contributed by atoms with Crippen LogP contribution < -0.4 is 5.73 Å². The number of carboxylic acid groups (broad SMARTS) is 1. The molecule has 0 radical (unpaired) electrons. The minimum Gasteiger partial charge on any atom is -0.480 e. The maximum atomic E-state index is 10.7. The Balaban J connectivity index is 2.26. The summed E-state index contributed by atoms with van der Waals surface area (Å²) in [6.07, 6.45) is 3.33. The number of fused-ring (bicyclic) bond motifs is 1. The van der Waals surface area contributed by atoms with Gasteiger partial charge < -0.3 is 15.4 Å². The maximum absolute atomic E-state index is 10.7. The second-order valence-corrected chi connectivity index (χ2v) is 4.38. The Hall–Kier alpha value is -1.07. The summed E-state index contributed by atoms with van der Waals surface area (Å²) in [6, 6.07) is -0.916. The van der Waals surface area contributed by atoms with E-state index in [1.807, 2.05) is 4.57 Å². The lowest BCUT2D eigenvalue weighted by Gasteiger charge is -2.17. The molecule has 0 amide bonds. The number of nitrogens with two attached hydrogens (primary N) is 1. The van der Waals surface area contributed by atoms with Crippen molar-refractivity contribution in [2.24, 2.45) is 5.73 Å². The molecule has 1 aromatic heterocycles. The summed E-state index contributed by atoms with van der Waals surface area (Å²) in [4.78, 5) is 15.0. The third kappa shape index (κ3) is 2.05. The molecular weight excluding hydrogens is 230 g/mol. The zero-order valence-electron chi connectivity index (χ0n) is 8.82. The fourth-order valence-corrected chi connectivity index (χ4v) is 2.28. The van der Waals surface area contributed by atoms with Gasteiger partial charge in [0.25, 0.3) is 0 Å². The molecule has 5 nitrogen and oxygen atoms in total.